The maximum absolute atomic E-state index is 11.0. The summed E-state index contributed by atoms with van der Waals surface area (Å²) in [5, 5.41) is 9.08. The lowest BCUT2D eigenvalue weighted by molar-refractivity contribution is -0.138. The highest BCUT2D eigenvalue weighted by atomic mass is 32.2. The van der Waals surface area contributed by atoms with E-state index in [0.717, 1.165) is 5.69 Å². The molecule has 0 bridgehead atoms. The van der Waals surface area contributed by atoms with Crippen LogP contribution >= 0.6 is 23.5 Å². The Morgan fingerprint density at radius 1 is 1.62 bits per heavy atom. The molecule has 5 heteroatoms. The van der Waals surface area contributed by atoms with E-state index in [-0.39, 0.29) is 0 Å². The van der Waals surface area contributed by atoms with Crippen molar-refractivity contribution in [3.8, 4) is 0 Å². The van der Waals surface area contributed by atoms with Crippen LogP contribution in [-0.4, -0.2) is 36.2 Å². The van der Waals surface area contributed by atoms with Crippen LogP contribution in [0.5, 0.6) is 0 Å². The van der Waals surface area contributed by atoms with Gasteiger partial charge >= 0.3 is 5.97 Å². The number of rotatable bonds is 2. The summed E-state index contributed by atoms with van der Waals surface area (Å²) in [5.74, 6) is -0.147. The van der Waals surface area contributed by atoms with Gasteiger partial charge in [-0.25, -0.2) is 4.79 Å². The molecule has 1 atom stereocenters. The van der Waals surface area contributed by atoms with E-state index in [1.54, 1.807) is 23.5 Å². The second kappa shape index (κ2) is 4.59. The minimum absolute atomic E-state index is 0.419. The van der Waals surface area contributed by atoms with Crippen molar-refractivity contribution in [1.29, 1.82) is 0 Å². The second-order valence-electron chi connectivity index (χ2n) is 3.61. The third-order valence-corrected chi connectivity index (χ3v) is 4.54. The number of fused-ring (bicyclic) bond motifs is 1. The number of thioether (sulfide) groups is 2. The van der Waals surface area contributed by atoms with Crippen LogP contribution in [0.1, 0.15) is 0 Å². The van der Waals surface area contributed by atoms with Gasteiger partial charge in [0.1, 0.15) is 6.04 Å². The smallest absolute Gasteiger partial charge is 0.327 e. The van der Waals surface area contributed by atoms with Crippen LogP contribution in [0.2, 0.25) is 0 Å². The zero-order valence-electron chi connectivity index (χ0n) is 9.14. The minimum atomic E-state index is -0.755. The molecular formula is C11H13NO2S2. The largest absolute Gasteiger partial charge is 0.480 e. The number of hydrogen-bond acceptors (Lipinski definition) is 4. The molecule has 0 saturated heterocycles. The molecule has 0 aliphatic carbocycles. The first-order valence-corrected chi connectivity index (χ1v) is 7.11. The van der Waals surface area contributed by atoms with Crippen molar-refractivity contribution in [2.24, 2.45) is 0 Å². The quantitative estimate of drug-likeness (QED) is 0.822. The molecule has 0 fully saturated rings. The SMILES string of the molecule is CSc1ccc2c(c1)SCC(C(=O)O)N2C. The molecule has 0 aromatic heterocycles. The summed E-state index contributed by atoms with van der Waals surface area (Å²) in [6.07, 6.45) is 2.04. The van der Waals surface area contributed by atoms with E-state index < -0.39 is 12.0 Å². The van der Waals surface area contributed by atoms with Gasteiger partial charge in [-0.1, -0.05) is 0 Å². The van der Waals surface area contributed by atoms with Crippen molar-refractivity contribution >= 4 is 35.2 Å². The summed E-state index contributed by atoms with van der Waals surface area (Å²) in [6.45, 7) is 0. The molecule has 2 rings (SSSR count). The zero-order valence-corrected chi connectivity index (χ0v) is 10.8. The molecule has 0 saturated carbocycles. The Hall–Kier alpha value is -0.810. The third-order valence-electron chi connectivity index (χ3n) is 2.70. The number of benzene rings is 1. The maximum atomic E-state index is 11.0. The molecule has 3 nitrogen and oxygen atoms in total. The predicted molar refractivity (Wildman–Crippen MR) is 68.8 cm³/mol. The van der Waals surface area contributed by atoms with Gasteiger partial charge in [-0.2, -0.15) is 0 Å². The Labute approximate surface area is 103 Å². The summed E-state index contributed by atoms with van der Waals surface area (Å²) in [6, 6.07) is 5.74. The van der Waals surface area contributed by atoms with Gasteiger partial charge in [0.2, 0.25) is 0 Å². The lowest BCUT2D eigenvalue weighted by Gasteiger charge is -2.32. The Kier molecular flexibility index (Phi) is 3.35. The summed E-state index contributed by atoms with van der Waals surface area (Å²) in [4.78, 5) is 15.3. The van der Waals surface area contributed by atoms with Crippen LogP contribution in [0.4, 0.5) is 5.69 Å². The maximum Gasteiger partial charge on any atom is 0.327 e. The number of anilines is 1. The molecule has 1 heterocycles. The Bertz CT molecular complexity index is 422. The van der Waals surface area contributed by atoms with E-state index in [0.29, 0.717) is 5.75 Å². The van der Waals surface area contributed by atoms with Crippen molar-refractivity contribution in [2.75, 3.05) is 24.0 Å². The number of hydrogen-bond donors (Lipinski definition) is 1. The van der Waals surface area contributed by atoms with Gasteiger partial charge in [-0.05, 0) is 24.5 Å². The van der Waals surface area contributed by atoms with Gasteiger partial charge in [-0.15, -0.1) is 23.5 Å². The molecule has 1 aliphatic heterocycles. The standard InChI is InChI=1S/C11H13NO2S2/c1-12-8-4-3-7(15-2)5-10(8)16-6-9(12)11(13)14/h3-5,9H,6H2,1-2H3,(H,13,14). The first kappa shape index (κ1) is 11.7. The van der Waals surface area contributed by atoms with Gasteiger partial charge in [0, 0.05) is 22.6 Å². The van der Waals surface area contributed by atoms with Gasteiger partial charge in [0.05, 0.1) is 5.69 Å². The minimum Gasteiger partial charge on any atom is -0.480 e. The highest BCUT2D eigenvalue weighted by molar-refractivity contribution is 8.00. The fraction of sp³-hybridized carbons (Fsp3) is 0.364. The fourth-order valence-electron chi connectivity index (χ4n) is 1.71. The first-order valence-electron chi connectivity index (χ1n) is 4.90. The first-order chi connectivity index (χ1) is 7.63. The highest BCUT2D eigenvalue weighted by Gasteiger charge is 2.29. The van der Waals surface area contributed by atoms with Crippen molar-refractivity contribution < 1.29 is 9.90 Å². The molecule has 1 aliphatic rings. The summed E-state index contributed by atoms with van der Waals surface area (Å²) >= 11 is 3.32. The van der Waals surface area contributed by atoms with Crippen molar-refractivity contribution in [3.05, 3.63) is 18.2 Å². The van der Waals surface area contributed by atoms with Gasteiger partial charge < -0.3 is 10.0 Å². The molecule has 1 aromatic carbocycles. The summed E-state index contributed by atoms with van der Waals surface area (Å²) in [7, 11) is 1.84. The molecule has 1 unspecified atom stereocenters. The average Bonchev–Trinajstić information content (AvgIpc) is 2.28. The van der Waals surface area contributed by atoms with Crippen LogP contribution in [0.3, 0.4) is 0 Å². The van der Waals surface area contributed by atoms with Crippen molar-refractivity contribution in [1.82, 2.24) is 0 Å². The molecule has 16 heavy (non-hydrogen) atoms. The molecule has 1 N–H and O–H groups in total. The second-order valence-corrected chi connectivity index (χ2v) is 5.55. The normalized spacial score (nSPS) is 19.4. The number of likely N-dealkylation sites (N-methyl/N-ethyl adjacent to an activating group) is 1. The van der Waals surface area contributed by atoms with Crippen LogP contribution < -0.4 is 4.90 Å². The van der Waals surface area contributed by atoms with Crippen LogP contribution in [-0.2, 0) is 4.79 Å². The zero-order chi connectivity index (χ0) is 11.7. The molecular weight excluding hydrogens is 242 g/mol. The molecule has 0 spiro atoms. The predicted octanol–water partition coefficient (Wildman–Crippen LogP) is 2.40. The van der Waals surface area contributed by atoms with E-state index in [4.69, 9.17) is 5.11 Å². The number of carboxylic acid groups (broad SMARTS) is 1. The average molecular weight is 255 g/mol. The molecule has 1 aromatic rings. The third kappa shape index (κ3) is 2.01. The van der Waals surface area contributed by atoms with E-state index in [1.807, 2.05) is 30.3 Å². The summed E-state index contributed by atoms with van der Waals surface area (Å²) < 4.78 is 0. The number of carbonyl (C=O) groups is 1. The number of carboxylic acids is 1. The molecule has 86 valence electrons. The Morgan fingerprint density at radius 2 is 2.38 bits per heavy atom. The summed E-state index contributed by atoms with van der Waals surface area (Å²) in [5.41, 5.74) is 1.02. The monoisotopic (exact) mass is 255 g/mol. The van der Waals surface area contributed by atoms with E-state index in [1.165, 1.54) is 9.79 Å². The van der Waals surface area contributed by atoms with E-state index in [9.17, 15) is 4.79 Å². The highest BCUT2D eigenvalue weighted by Crippen LogP contribution is 2.38. The molecule has 0 radical (unpaired) electrons. The van der Waals surface area contributed by atoms with Gasteiger partial charge in [0.15, 0.2) is 0 Å². The number of nitrogens with zero attached hydrogens (tertiary/aromatic N) is 1. The van der Waals surface area contributed by atoms with Gasteiger partial charge in [-0.3, -0.25) is 0 Å². The van der Waals surface area contributed by atoms with E-state index >= 15 is 0 Å². The van der Waals surface area contributed by atoms with Crippen LogP contribution in [0, 0.1) is 0 Å². The van der Waals surface area contributed by atoms with Crippen LogP contribution in [0.15, 0.2) is 28.0 Å². The van der Waals surface area contributed by atoms with Crippen molar-refractivity contribution in [3.63, 3.8) is 0 Å². The van der Waals surface area contributed by atoms with E-state index in [2.05, 4.69) is 6.07 Å². The fourth-order valence-corrected chi connectivity index (χ4v) is 3.50. The van der Waals surface area contributed by atoms with Crippen LogP contribution in [0.25, 0.3) is 0 Å². The Morgan fingerprint density at radius 3 is 3.00 bits per heavy atom. The number of aliphatic carboxylic acids is 1. The lowest BCUT2D eigenvalue weighted by Crippen LogP contribution is -2.42. The molecule has 0 amide bonds. The lowest BCUT2D eigenvalue weighted by atomic mass is 10.2. The Balaban J connectivity index is 2.35. The van der Waals surface area contributed by atoms with Gasteiger partial charge in [0.25, 0.3) is 0 Å². The topological polar surface area (TPSA) is 40.5 Å². The van der Waals surface area contributed by atoms with Crippen molar-refractivity contribution in [2.45, 2.75) is 15.8 Å².